The summed E-state index contributed by atoms with van der Waals surface area (Å²) in [7, 11) is 0. The van der Waals surface area contributed by atoms with Gasteiger partial charge < -0.3 is 4.74 Å². The maximum atomic E-state index is 12.4. The molecule has 0 saturated heterocycles. The summed E-state index contributed by atoms with van der Waals surface area (Å²) < 4.78 is 5.53. The number of Topliss-reactive ketones (excluding diaryl/α,β-unsaturated/α-hetero) is 1. The first-order valence-corrected chi connectivity index (χ1v) is 8.31. The van der Waals surface area contributed by atoms with Gasteiger partial charge >= 0.3 is 0 Å². The molecule has 0 spiro atoms. The van der Waals surface area contributed by atoms with Gasteiger partial charge in [-0.3, -0.25) is 4.79 Å². The Kier molecular flexibility index (Phi) is 4.05. The molecule has 0 aromatic heterocycles. The first-order chi connectivity index (χ1) is 10.0. The molecule has 1 heterocycles. The van der Waals surface area contributed by atoms with Crippen LogP contribution in [0.25, 0.3) is 0 Å². The summed E-state index contributed by atoms with van der Waals surface area (Å²) in [6.45, 7) is 5.44. The van der Waals surface area contributed by atoms with E-state index in [1.165, 1.54) is 24.0 Å². The van der Waals surface area contributed by atoms with E-state index in [4.69, 9.17) is 4.74 Å². The van der Waals surface area contributed by atoms with Crippen molar-refractivity contribution in [2.24, 2.45) is 11.3 Å². The van der Waals surface area contributed by atoms with Crippen LogP contribution in [0.1, 0.15) is 57.1 Å². The Morgan fingerprint density at radius 2 is 2.05 bits per heavy atom. The van der Waals surface area contributed by atoms with E-state index in [0.29, 0.717) is 23.5 Å². The third-order valence-electron chi connectivity index (χ3n) is 5.21. The molecule has 0 N–H and O–H groups in total. The van der Waals surface area contributed by atoms with Crippen molar-refractivity contribution in [2.75, 3.05) is 6.61 Å². The summed E-state index contributed by atoms with van der Waals surface area (Å²) in [4.78, 5) is 12.4. The summed E-state index contributed by atoms with van der Waals surface area (Å²) in [6, 6.07) is 6.40. The van der Waals surface area contributed by atoms with Gasteiger partial charge in [0.25, 0.3) is 0 Å². The molecule has 1 fully saturated rings. The van der Waals surface area contributed by atoms with Gasteiger partial charge in [0.2, 0.25) is 0 Å². The number of rotatable bonds is 4. The van der Waals surface area contributed by atoms with Crippen molar-refractivity contribution in [3.8, 4) is 5.75 Å². The SMILES string of the molecule is CC1(C)CCC(C(=O)CCc2ccc3c(c2)CCO3)CC1. The number of hydrogen-bond acceptors (Lipinski definition) is 2. The lowest BCUT2D eigenvalue weighted by Gasteiger charge is -2.33. The van der Waals surface area contributed by atoms with E-state index in [0.717, 1.165) is 38.0 Å². The minimum atomic E-state index is 0.316. The minimum Gasteiger partial charge on any atom is -0.493 e. The van der Waals surface area contributed by atoms with Crippen molar-refractivity contribution in [2.45, 2.75) is 58.8 Å². The first kappa shape index (κ1) is 14.6. The Balaban J connectivity index is 1.52. The molecule has 21 heavy (non-hydrogen) atoms. The molecule has 1 aliphatic heterocycles. The maximum Gasteiger partial charge on any atom is 0.136 e. The van der Waals surface area contributed by atoms with Crippen molar-refractivity contribution in [1.82, 2.24) is 0 Å². The highest BCUT2D eigenvalue weighted by Gasteiger charge is 2.30. The number of ketones is 1. The van der Waals surface area contributed by atoms with Gasteiger partial charge in [0.1, 0.15) is 11.5 Å². The van der Waals surface area contributed by atoms with Crippen LogP contribution >= 0.6 is 0 Å². The van der Waals surface area contributed by atoms with E-state index in [-0.39, 0.29) is 0 Å². The van der Waals surface area contributed by atoms with Gasteiger partial charge in [-0.25, -0.2) is 0 Å². The molecule has 0 amide bonds. The zero-order valence-electron chi connectivity index (χ0n) is 13.3. The second kappa shape index (κ2) is 5.82. The van der Waals surface area contributed by atoms with Crippen LogP contribution in [0, 0.1) is 11.3 Å². The number of carbonyl (C=O) groups is 1. The Hall–Kier alpha value is -1.31. The summed E-state index contributed by atoms with van der Waals surface area (Å²) in [5, 5.41) is 0. The zero-order chi connectivity index (χ0) is 14.9. The molecule has 2 heteroatoms. The second-order valence-electron chi connectivity index (χ2n) is 7.45. The molecule has 0 bridgehead atoms. The van der Waals surface area contributed by atoms with Crippen LogP contribution < -0.4 is 4.74 Å². The number of carbonyl (C=O) groups excluding carboxylic acids is 1. The fourth-order valence-electron chi connectivity index (χ4n) is 3.59. The minimum absolute atomic E-state index is 0.316. The van der Waals surface area contributed by atoms with Crippen molar-refractivity contribution < 1.29 is 9.53 Å². The maximum absolute atomic E-state index is 12.4. The highest BCUT2D eigenvalue weighted by atomic mass is 16.5. The standard InChI is InChI=1S/C19H26O2/c1-19(2)10-7-15(8-11-19)17(20)5-3-14-4-6-18-16(13-14)9-12-21-18/h4,6,13,15H,3,5,7-12H2,1-2H3. The van der Waals surface area contributed by atoms with Crippen LogP contribution in [0.4, 0.5) is 0 Å². The molecule has 2 nitrogen and oxygen atoms in total. The van der Waals surface area contributed by atoms with E-state index >= 15 is 0 Å². The van der Waals surface area contributed by atoms with Crippen molar-refractivity contribution >= 4 is 5.78 Å². The third-order valence-corrected chi connectivity index (χ3v) is 5.21. The summed E-state index contributed by atoms with van der Waals surface area (Å²) >= 11 is 0. The number of benzene rings is 1. The van der Waals surface area contributed by atoms with Gasteiger partial charge in [-0.05, 0) is 54.7 Å². The molecular weight excluding hydrogens is 260 g/mol. The Morgan fingerprint density at radius 1 is 1.29 bits per heavy atom. The van der Waals surface area contributed by atoms with Crippen molar-refractivity contribution in [1.29, 1.82) is 0 Å². The van der Waals surface area contributed by atoms with E-state index in [9.17, 15) is 4.79 Å². The molecule has 3 rings (SSSR count). The molecule has 1 aromatic carbocycles. The fraction of sp³-hybridized carbons (Fsp3) is 0.632. The highest BCUT2D eigenvalue weighted by Crippen LogP contribution is 2.38. The van der Waals surface area contributed by atoms with Crippen molar-refractivity contribution in [3.63, 3.8) is 0 Å². The van der Waals surface area contributed by atoms with E-state index in [2.05, 4.69) is 32.0 Å². The molecule has 1 aliphatic carbocycles. The number of ether oxygens (including phenoxy) is 1. The smallest absolute Gasteiger partial charge is 0.136 e. The first-order valence-electron chi connectivity index (χ1n) is 8.31. The average Bonchev–Trinajstić information content (AvgIpc) is 2.92. The molecule has 0 unspecified atom stereocenters. The topological polar surface area (TPSA) is 26.3 Å². The van der Waals surface area contributed by atoms with Crippen molar-refractivity contribution in [3.05, 3.63) is 29.3 Å². The second-order valence-corrected chi connectivity index (χ2v) is 7.45. The Labute approximate surface area is 127 Å². The normalized spacial score (nSPS) is 20.9. The molecule has 2 aliphatic rings. The zero-order valence-corrected chi connectivity index (χ0v) is 13.3. The largest absolute Gasteiger partial charge is 0.493 e. The van der Waals surface area contributed by atoms with Crippen LogP contribution in [-0.4, -0.2) is 12.4 Å². The third kappa shape index (κ3) is 3.48. The van der Waals surface area contributed by atoms with E-state index in [1.807, 2.05) is 0 Å². The number of hydrogen-bond donors (Lipinski definition) is 0. The van der Waals surface area contributed by atoms with Gasteiger partial charge in [0.15, 0.2) is 0 Å². The Bertz CT molecular complexity index is 520. The molecule has 0 radical (unpaired) electrons. The van der Waals surface area contributed by atoms with Crippen LogP contribution in [0.2, 0.25) is 0 Å². The summed E-state index contributed by atoms with van der Waals surface area (Å²) in [5.41, 5.74) is 3.03. The van der Waals surface area contributed by atoms with Crippen LogP contribution in [-0.2, 0) is 17.6 Å². The van der Waals surface area contributed by atoms with Gasteiger partial charge in [0.05, 0.1) is 6.61 Å². The van der Waals surface area contributed by atoms with Crippen LogP contribution in [0.3, 0.4) is 0 Å². The molecule has 1 aromatic rings. The van der Waals surface area contributed by atoms with Gasteiger partial charge in [-0.1, -0.05) is 26.0 Å². The lowest BCUT2D eigenvalue weighted by Crippen LogP contribution is -2.26. The highest BCUT2D eigenvalue weighted by molar-refractivity contribution is 5.81. The molecule has 114 valence electrons. The predicted octanol–water partition coefficient (Wildman–Crippen LogP) is 4.34. The summed E-state index contributed by atoms with van der Waals surface area (Å²) in [6.07, 6.45) is 7.15. The van der Waals surface area contributed by atoms with Gasteiger partial charge in [-0.15, -0.1) is 0 Å². The lowest BCUT2D eigenvalue weighted by molar-refractivity contribution is -0.124. The van der Waals surface area contributed by atoms with Crippen LogP contribution in [0.15, 0.2) is 18.2 Å². The van der Waals surface area contributed by atoms with E-state index in [1.54, 1.807) is 0 Å². The van der Waals surface area contributed by atoms with Crippen LogP contribution in [0.5, 0.6) is 5.75 Å². The van der Waals surface area contributed by atoms with Gasteiger partial charge in [0, 0.05) is 18.8 Å². The van der Waals surface area contributed by atoms with E-state index < -0.39 is 0 Å². The number of aryl methyl sites for hydroxylation is 1. The molecule has 0 atom stereocenters. The Morgan fingerprint density at radius 3 is 2.81 bits per heavy atom. The van der Waals surface area contributed by atoms with Gasteiger partial charge in [-0.2, -0.15) is 0 Å². The quantitative estimate of drug-likeness (QED) is 0.823. The predicted molar refractivity (Wildman–Crippen MR) is 84.7 cm³/mol. The lowest BCUT2D eigenvalue weighted by atomic mass is 9.71. The average molecular weight is 286 g/mol. The monoisotopic (exact) mass is 286 g/mol. The molecular formula is C19H26O2. The molecule has 1 saturated carbocycles. The fourth-order valence-corrected chi connectivity index (χ4v) is 3.59. The number of fused-ring (bicyclic) bond motifs is 1. The summed E-state index contributed by atoms with van der Waals surface area (Å²) in [5.74, 6) is 1.82.